The van der Waals surface area contributed by atoms with Gasteiger partial charge in [-0.15, -0.1) is 0 Å². The Kier molecular flexibility index (Phi) is 3.63. The predicted octanol–water partition coefficient (Wildman–Crippen LogP) is 5.71. The summed E-state index contributed by atoms with van der Waals surface area (Å²) in [6.07, 6.45) is 4.90. The smallest absolute Gasteiger partial charge is 0.0406 e. The minimum atomic E-state index is 0.473. The molecule has 0 bridgehead atoms. The molecule has 0 radical (unpaired) electrons. The fourth-order valence-corrected chi connectivity index (χ4v) is 2.88. The maximum Gasteiger partial charge on any atom is 0.0406 e. The van der Waals surface area contributed by atoms with Crippen LogP contribution in [0.2, 0.25) is 5.02 Å². The highest BCUT2D eigenvalue weighted by atomic mass is 35.5. The summed E-state index contributed by atoms with van der Waals surface area (Å²) in [6.45, 7) is 7.02. The van der Waals surface area contributed by atoms with Crippen LogP contribution in [-0.2, 0) is 0 Å². The van der Waals surface area contributed by atoms with Gasteiger partial charge in [-0.2, -0.15) is 0 Å². The highest BCUT2D eigenvalue weighted by molar-refractivity contribution is 6.30. The zero-order valence-electron chi connectivity index (χ0n) is 11.0. The molecule has 0 aliphatic heterocycles. The molecule has 0 saturated heterocycles. The summed E-state index contributed by atoms with van der Waals surface area (Å²) in [5, 5.41) is 0.823. The van der Waals surface area contributed by atoms with E-state index < -0.39 is 0 Å². The molecule has 1 aromatic rings. The Balaban J connectivity index is 2.36. The van der Waals surface area contributed by atoms with E-state index in [1.54, 1.807) is 11.1 Å². The summed E-state index contributed by atoms with van der Waals surface area (Å²) < 4.78 is 0. The van der Waals surface area contributed by atoms with Gasteiger partial charge in [-0.1, -0.05) is 50.1 Å². The first-order valence-corrected chi connectivity index (χ1v) is 6.86. The summed E-state index contributed by atoms with van der Waals surface area (Å²) in [7, 11) is 0. The van der Waals surface area contributed by atoms with Crippen LogP contribution in [0, 0.1) is 5.41 Å². The monoisotopic (exact) mass is 248 g/mol. The van der Waals surface area contributed by atoms with Crippen LogP contribution in [0.5, 0.6) is 0 Å². The number of benzene rings is 1. The average Bonchev–Trinajstić information content (AvgIpc) is 2.29. The largest absolute Gasteiger partial charge is 0.0843 e. The van der Waals surface area contributed by atoms with Crippen molar-refractivity contribution in [3.8, 4) is 0 Å². The van der Waals surface area contributed by atoms with Crippen LogP contribution in [0.1, 0.15) is 52.0 Å². The second kappa shape index (κ2) is 4.86. The van der Waals surface area contributed by atoms with Crippen molar-refractivity contribution in [3.63, 3.8) is 0 Å². The second-order valence-electron chi connectivity index (χ2n) is 5.78. The molecule has 0 nitrogen and oxygen atoms in total. The van der Waals surface area contributed by atoms with Crippen LogP contribution < -0.4 is 0 Å². The lowest BCUT2D eigenvalue weighted by Gasteiger charge is -2.33. The summed E-state index contributed by atoms with van der Waals surface area (Å²) in [5.41, 5.74) is 5.02. The van der Waals surface area contributed by atoms with Gasteiger partial charge in [-0.05, 0) is 54.4 Å². The zero-order chi connectivity index (χ0) is 12.5. The number of halogens is 1. The van der Waals surface area contributed by atoms with E-state index in [1.165, 1.54) is 31.2 Å². The molecule has 17 heavy (non-hydrogen) atoms. The Morgan fingerprint density at radius 3 is 2.41 bits per heavy atom. The molecule has 92 valence electrons. The van der Waals surface area contributed by atoms with Crippen LogP contribution in [-0.4, -0.2) is 0 Å². The van der Waals surface area contributed by atoms with Crippen LogP contribution >= 0.6 is 11.6 Å². The molecular weight excluding hydrogens is 228 g/mol. The van der Waals surface area contributed by atoms with E-state index in [1.807, 2.05) is 12.1 Å². The fraction of sp³-hybridized carbons (Fsp3) is 0.500. The predicted molar refractivity (Wildman–Crippen MR) is 76.3 cm³/mol. The molecule has 2 rings (SSSR count). The number of allylic oxidation sites excluding steroid dienone is 2. The molecule has 1 aliphatic carbocycles. The van der Waals surface area contributed by atoms with E-state index >= 15 is 0 Å². The molecule has 0 saturated carbocycles. The molecule has 0 heterocycles. The lowest BCUT2D eigenvalue weighted by Crippen LogP contribution is -2.17. The molecule has 0 aromatic heterocycles. The van der Waals surface area contributed by atoms with Crippen molar-refractivity contribution in [2.45, 2.75) is 46.5 Å². The third-order valence-electron chi connectivity index (χ3n) is 3.79. The number of rotatable bonds is 2. The Bertz CT molecular complexity index is 423. The zero-order valence-corrected chi connectivity index (χ0v) is 11.8. The third-order valence-corrected chi connectivity index (χ3v) is 4.04. The third kappa shape index (κ3) is 2.93. The highest BCUT2D eigenvalue weighted by Gasteiger charge is 2.26. The van der Waals surface area contributed by atoms with Gasteiger partial charge in [0.1, 0.15) is 0 Å². The molecule has 0 amide bonds. The summed E-state index contributed by atoms with van der Waals surface area (Å²) in [6, 6.07) is 8.31. The van der Waals surface area contributed by atoms with Gasteiger partial charge in [-0.3, -0.25) is 0 Å². The lowest BCUT2D eigenvalue weighted by molar-refractivity contribution is 0.321. The fourth-order valence-electron chi connectivity index (χ4n) is 2.75. The van der Waals surface area contributed by atoms with Crippen molar-refractivity contribution in [1.29, 1.82) is 0 Å². The van der Waals surface area contributed by atoms with Crippen molar-refractivity contribution in [3.05, 3.63) is 40.4 Å². The first-order chi connectivity index (χ1) is 8.02. The summed E-state index contributed by atoms with van der Waals surface area (Å²) in [4.78, 5) is 0. The number of hydrogen-bond acceptors (Lipinski definition) is 0. The van der Waals surface area contributed by atoms with Crippen molar-refractivity contribution >= 4 is 17.2 Å². The van der Waals surface area contributed by atoms with Gasteiger partial charge in [0.05, 0.1) is 0 Å². The first-order valence-electron chi connectivity index (χ1n) is 6.49. The van der Waals surface area contributed by atoms with Gasteiger partial charge in [0.15, 0.2) is 0 Å². The van der Waals surface area contributed by atoms with Gasteiger partial charge in [0.25, 0.3) is 0 Å². The van der Waals surface area contributed by atoms with Crippen LogP contribution in [0.15, 0.2) is 29.8 Å². The van der Waals surface area contributed by atoms with E-state index in [-0.39, 0.29) is 0 Å². The normalized spacial score (nSPS) is 19.5. The Hall–Kier alpha value is -0.750. The molecule has 0 fully saturated rings. The molecular formula is C16H21Cl. The van der Waals surface area contributed by atoms with E-state index in [9.17, 15) is 0 Å². The standard InChI is InChI=1S/C16H21Cl/c1-4-12-11-16(2,3)10-9-15(12)13-5-7-14(17)8-6-13/h5-8H,4,9-11H2,1-3H3. The van der Waals surface area contributed by atoms with Crippen molar-refractivity contribution in [1.82, 2.24) is 0 Å². The van der Waals surface area contributed by atoms with Crippen molar-refractivity contribution in [2.24, 2.45) is 5.41 Å². The average molecular weight is 249 g/mol. The Morgan fingerprint density at radius 2 is 1.82 bits per heavy atom. The molecule has 1 heteroatoms. The molecule has 0 unspecified atom stereocenters. The van der Waals surface area contributed by atoms with E-state index in [0.717, 1.165) is 5.02 Å². The molecule has 0 N–H and O–H groups in total. The molecule has 0 atom stereocenters. The van der Waals surface area contributed by atoms with Gasteiger partial charge in [0, 0.05) is 5.02 Å². The highest BCUT2D eigenvalue weighted by Crippen LogP contribution is 2.43. The second-order valence-corrected chi connectivity index (χ2v) is 6.22. The van der Waals surface area contributed by atoms with E-state index in [4.69, 9.17) is 11.6 Å². The molecule has 1 aromatic carbocycles. The van der Waals surface area contributed by atoms with Crippen LogP contribution in [0.3, 0.4) is 0 Å². The lowest BCUT2D eigenvalue weighted by atomic mass is 9.72. The Labute approximate surface area is 110 Å². The van der Waals surface area contributed by atoms with Gasteiger partial charge in [0.2, 0.25) is 0 Å². The summed E-state index contributed by atoms with van der Waals surface area (Å²) >= 11 is 5.95. The Morgan fingerprint density at radius 1 is 1.18 bits per heavy atom. The van der Waals surface area contributed by atoms with Crippen LogP contribution in [0.4, 0.5) is 0 Å². The summed E-state index contributed by atoms with van der Waals surface area (Å²) in [5.74, 6) is 0. The van der Waals surface area contributed by atoms with Crippen molar-refractivity contribution in [2.75, 3.05) is 0 Å². The quantitative estimate of drug-likeness (QED) is 0.629. The van der Waals surface area contributed by atoms with Gasteiger partial charge < -0.3 is 0 Å². The first kappa shape index (κ1) is 12.7. The van der Waals surface area contributed by atoms with Gasteiger partial charge >= 0.3 is 0 Å². The van der Waals surface area contributed by atoms with E-state index in [2.05, 4.69) is 32.9 Å². The minimum Gasteiger partial charge on any atom is -0.0843 e. The molecule has 1 aliphatic rings. The minimum absolute atomic E-state index is 0.473. The molecule has 0 spiro atoms. The van der Waals surface area contributed by atoms with E-state index in [0.29, 0.717) is 5.41 Å². The topological polar surface area (TPSA) is 0 Å². The number of hydrogen-bond donors (Lipinski definition) is 0. The maximum atomic E-state index is 5.95. The van der Waals surface area contributed by atoms with Crippen molar-refractivity contribution < 1.29 is 0 Å². The van der Waals surface area contributed by atoms with Crippen LogP contribution in [0.25, 0.3) is 5.57 Å². The SMILES string of the molecule is CCC1=C(c2ccc(Cl)cc2)CCC(C)(C)C1. The van der Waals surface area contributed by atoms with Gasteiger partial charge in [-0.25, -0.2) is 0 Å². The maximum absolute atomic E-state index is 5.95.